The Balaban J connectivity index is 2.04. The number of rotatable bonds is 5. The first-order chi connectivity index (χ1) is 8.56. The molecule has 0 atom stereocenters. The third-order valence-electron chi connectivity index (χ3n) is 2.55. The molecule has 0 radical (unpaired) electrons. The van der Waals surface area contributed by atoms with E-state index in [2.05, 4.69) is 0 Å². The van der Waals surface area contributed by atoms with Crippen LogP contribution < -0.4 is 4.74 Å². The first-order valence-electron chi connectivity index (χ1n) is 5.62. The van der Waals surface area contributed by atoms with Crippen LogP contribution in [0.1, 0.15) is 6.42 Å². The first kappa shape index (κ1) is 12.9. The molecule has 2 aromatic carbocycles. The molecule has 0 spiro atoms. The van der Waals surface area contributed by atoms with Crippen molar-refractivity contribution in [3.8, 4) is 5.75 Å². The lowest BCUT2D eigenvalue weighted by Gasteiger charge is -2.08. The van der Waals surface area contributed by atoms with Crippen molar-refractivity contribution in [1.29, 1.82) is 0 Å². The van der Waals surface area contributed by atoms with E-state index in [1.807, 2.05) is 42.5 Å². The highest BCUT2D eigenvalue weighted by molar-refractivity contribution is 7.85. The van der Waals surface area contributed by atoms with Crippen molar-refractivity contribution < 1.29 is 17.7 Å². The van der Waals surface area contributed by atoms with Gasteiger partial charge in [0, 0.05) is 5.39 Å². The number of fused-ring (bicyclic) bond motifs is 1. The van der Waals surface area contributed by atoms with E-state index < -0.39 is 10.1 Å². The van der Waals surface area contributed by atoms with Crippen LogP contribution in [0.25, 0.3) is 10.8 Å². The Labute approximate surface area is 106 Å². The molecule has 0 amide bonds. The van der Waals surface area contributed by atoms with E-state index >= 15 is 0 Å². The van der Waals surface area contributed by atoms with Gasteiger partial charge < -0.3 is 4.74 Å². The third kappa shape index (κ3) is 3.45. The molecule has 1 N–H and O–H groups in total. The average Bonchev–Trinajstić information content (AvgIpc) is 2.33. The Hall–Kier alpha value is -1.59. The quantitative estimate of drug-likeness (QED) is 0.667. The summed E-state index contributed by atoms with van der Waals surface area (Å²) in [5.74, 6) is 0.445. The number of ether oxygens (including phenoxy) is 1. The third-order valence-corrected chi connectivity index (χ3v) is 3.36. The van der Waals surface area contributed by atoms with Gasteiger partial charge in [0.05, 0.1) is 12.4 Å². The molecule has 4 nitrogen and oxygen atoms in total. The maximum Gasteiger partial charge on any atom is 0.264 e. The highest BCUT2D eigenvalue weighted by atomic mass is 32.2. The smallest absolute Gasteiger partial charge is 0.264 e. The lowest BCUT2D eigenvalue weighted by Crippen LogP contribution is -2.08. The summed E-state index contributed by atoms with van der Waals surface area (Å²) in [6, 6.07) is 13.5. The van der Waals surface area contributed by atoms with Crippen LogP contribution in [-0.4, -0.2) is 25.3 Å². The molecule has 5 heteroatoms. The van der Waals surface area contributed by atoms with Gasteiger partial charge in [-0.1, -0.05) is 36.4 Å². The van der Waals surface area contributed by atoms with Crippen molar-refractivity contribution in [1.82, 2.24) is 0 Å². The van der Waals surface area contributed by atoms with Crippen LogP contribution in [0.4, 0.5) is 0 Å². The van der Waals surface area contributed by atoms with Gasteiger partial charge in [0.25, 0.3) is 10.1 Å². The van der Waals surface area contributed by atoms with Gasteiger partial charge in [0.15, 0.2) is 0 Å². The molecule has 0 aromatic heterocycles. The van der Waals surface area contributed by atoms with E-state index in [9.17, 15) is 8.42 Å². The van der Waals surface area contributed by atoms with E-state index in [1.54, 1.807) is 0 Å². The van der Waals surface area contributed by atoms with E-state index in [0.29, 0.717) is 0 Å². The molecule has 0 aliphatic rings. The summed E-state index contributed by atoms with van der Waals surface area (Å²) in [5, 5.41) is 2.07. The van der Waals surface area contributed by atoms with Crippen molar-refractivity contribution in [3.05, 3.63) is 42.5 Å². The zero-order valence-corrected chi connectivity index (χ0v) is 10.6. The van der Waals surface area contributed by atoms with Gasteiger partial charge in [-0.3, -0.25) is 4.55 Å². The lowest BCUT2D eigenvalue weighted by molar-refractivity contribution is 0.319. The summed E-state index contributed by atoms with van der Waals surface area (Å²) < 4.78 is 35.3. The molecule has 0 unspecified atom stereocenters. The largest absolute Gasteiger partial charge is 0.493 e. The molecular weight excluding hydrogens is 252 g/mol. The van der Waals surface area contributed by atoms with Crippen molar-refractivity contribution in [2.24, 2.45) is 0 Å². The first-order valence-corrected chi connectivity index (χ1v) is 7.23. The molecule has 0 saturated carbocycles. The van der Waals surface area contributed by atoms with E-state index in [-0.39, 0.29) is 18.8 Å². The molecule has 0 aliphatic carbocycles. The molecular formula is C13H14O4S. The maximum atomic E-state index is 10.6. The summed E-state index contributed by atoms with van der Waals surface area (Å²) in [4.78, 5) is 0. The SMILES string of the molecule is O=S(=O)(O)CCCOc1cccc2ccccc12. The predicted molar refractivity (Wildman–Crippen MR) is 70.5 cm³/mol. The molecule has 0 bridgehead atoms. The zero-order chi connectivity index (χ0) is 13.0. The van der Waals surface area contributed by atoms with Crippen molar-refractivity contribution in [2.45, 2.75) is 6.42 Å². The normalized spacial score (nSPS) is 11.6. The fourth-order valence-electron chi connectivity index (χ4n) is 1.75. The van der Waals surface area contributed by atoms with E-state index in [4.69, 9.17) is 9.29 Å². The molecule has 96 valence electrons. The van der Waals surface area contributed by atoms with Gasteiger partial charge in [0.1, 0.15) is 5.75 Å². The molecule has 0 heterocycles. The highest BCUT2D eigenvalue weighted by Gasteiger charge is 2.05. The van der Waals surface area contributed by atoms with Gasteiger partial charge in [-0.2, -0.15) is 8.42 Å². The van der Waals surface area contributed by atoms with Crippen LogP contribution in [0, 0.1) is 0 Å². The molecule has 0 fully saturated rings. The fraction of sp³-hybridized carbons (Fsp3) is 0.231. The Kier molecular flexibility index (Phi) is 3.84. The van der Waals surface area contributed by atoms with Crippen molar-refractivity contribution >= 4 is 20.9 Å². The number of hydrogen-bond donors (Lipinski definition) is 1. The summed E-state index contributed by atoms with van der Waals surface area (Å²) in [5.41, 5.74) is 0. The second-order valence-electron chi connectivity index (χ2n) is 3.97. The van der Waals surface area contributed by atoms with Crippen LogP contribution in [0.3, 0.4) is 0 Å². The Morgan fingerprint density at radius 2 is 1.78 bits per heavy atom. The minimum atomic E-state index is -3.90. The Morgan fingerprint density at radius 3 is 2.56 bits per heavy atom. The second kappa shape index (κ2) is 5.37. The van der Waals surface area contributed by atoms with Crippen molar-refractivity contribution in [3.63, 3.8) is 0 Å². The van der Waals surface area contributed by atoms with Gasteiger partial charge in [-0.15, -0.1) is 0 Å². The Morgan fingerprint density at radius 1 is 1.06 bits per heavy atom. The summed E-state index contributed by atoms with van der Waals surface area (Å²) in [6.07, 6.45) is 0.266. The van der Waals surface area contributed by atoms with Crippen LogP contribution >= 0.6 is 0 Å². The van der Waals surface area contributed by atoms with Crippen LogP contribution in [0.2, 0.25) is 0 Å². The van der Waals surface area contributed by atoms with Gasteiger partial charge in [-0.05, 0) is 17.9 Å². The van der Waals surface area contributed by atoms with Gasteiger partial charge in [0.2, 0.25) is 0 Å². The summed E-state index contributed by atoms with van der Waals surface area (Å²) >= 11 is 0. The highest BCUT2D eigenvalue weighted by Crippen LogP contribution is 2.25. The average molecular weight is 266 g/mol. The van der Waals surface area contributed by atoms with Gasteiger partial charge >= 0.3 is 0 Å². The van der Waals surface area contributed by atoms with Crippen LogP contribution in [0.15, 0.2) is 42.5 Å². The topological polar surface area (TPSA) is 63.6 Å². The predicted octanol–water partition coefficient (Wildman–Crippen LogP) is 2.50. The monoisotopic (exact) mass is 266 g/mol. The van der Waals surface area contributed by atoms with E-state index in [1.165, 1.54) is 0 Å². The maximum absolute atomic E-state index is 10.6. The molecule has 0 aliphatic heterocycles. The van der Waals surface area contributed by atoms with Crippen molar-refractivity contribution in [2.75, 3.05) is 12.4 Å². The van der Waals surface area contributed by atoms with Gasteiger partial charge in [-0.25, -0.2) is 0 Å². The van der Waals surface area contributed by atoms with Crippen LogP contribution in [0.5, 0.6) is 5.75 Å². The molecule has 2 aromatic rings. The lowest BCUT2D eigenvalue weighted by atomic mass is 10.1. The standard InChI is InChI=1S/C13H14O4S/c14-18(15,16)10-4-9-17-13-8-3-6-11-5-1-2-7-12(11)13/h1-3,5-8H,4,9-10H2,(H,14,15,16). The Bertz CT molecular complexity index is 629. The van der Waals surface area contributed by atoms with E-state index in [0.717, 1.165) is 16.5 Å². The minimum absolute atomic E-state index is 0.258. The zero-order valence-electron chi connectivity index (χ0n) is 9.74. The number of hydrogen-bond acceptors (Lipinski definition) is 3. The number of benzene rings is 2. The molecule has 0 saturated heterocycles. The second-order valence-corrected chi connectivity index (χ2v) is 5.54. The minimum Gasteiger partial charge on any atom is -0.493 e. The molecule has 18 heavy (non-hydrogen) atoms. The fourth-order valence-corrected chi connectivity index (χ4v) is 2.23. The summed E-state index contributed by atoms with van der Waals surface area (Å²) in [7, 11) is -3.90. The molecule has 2 rings (SSSR count). The summed E-state index contributed by atoms with van der Waals surface area (Å²) in [6.45, 7) is 0.258. The van der Waals surface area contributed by atoms with Crippen LogP contribution in [-0.2, 0) is 10.1 Å².